The van der Waals surface area contributed by atoms with Gasteiger partial charge in [-0.15, -0.1) is 5.92 Å². The minimum absolute atomic E-state index is 0.0737. The number of carbonyl (C=O) groups is 4. The van der Waals surface area contributed by atoms with E-state index in [2.05, 4.69) is 11.8 Å². The third kappa shape index (κ3) is 3.64. The van der Waals surface area contributed by atoms with Crippen LogP contribution in [0.2, 0.25) is 0 Å². The van der Waals surface area contributed by atoms with Gasteiger partial charge in [-0.1, -0.05) is 5.92 Å². The molecule has 1 aromatic carbocycles. The van der Waals surface area contributed by atoms with Gasteiger partial charge < -0.3 is 4.90 Å². The van der Waals surface area contributed by atoms with E-state index in [1.54, 1.807) is 11.8 Å². The summed E-state index contributed by atoms with van der Waals surface area (Å²) in [6, 6.07) is 3.85. The highest BCUT2D eigenvalue weighted by molar-refractivity contribution is 6.11. The van der Waals surface area contributed by atoms with Crippen LogP contribution in [0.4, 0.5) is 0 Å². The highest BCUT2D eigenvalue weighted by Crippen LogP contribution is 2.46. The molecule has 1 saturated carbocycles. The van der Waals surface area contributed by atoms with Crippen molar-refractivity contribution < 1.29 is 19.2 Å². The Hall–Kier alpha value is -2.74. The van der Waals surface area contributed by atoms with Crippen molar-refractivity contribution in [2.24, 2.45) is 5.41 Å². The van der Waals surface area contributed by atoms with E-state index in [0.29, 0.717) is 25.9 Å². The SMILES string of the molecule is CC#Cc1cc(C)c(C2C(=O)CC3(CC2=O)CN(C(=O)CC(C)=O)C3)c(C)c1. The monoisotopic (exact) mass is 379 g/mol. The van der Waals surface area contributed by atoms with Gasteiger partial charge >= 0.3 is 0 Å². The molecule has 1 spiro atoms. The highest BCUT2D eigenvalue weighted by atomic mass is 16.2. The predicted molar refractivity (Wildman–Crippen MR) is 105 cm³/mol. The number of hydrogen-bond acceptors (Lipinski definition) is 4. The number of rotatable bonds is 3. The molecule has 1 aliphatic carbocycles. The Morgan fingerprint density at radius 1 is 1.11 bits per heavy atom. The van der Waals surface area contributed by atoms with Crippen molar-refractivity contribution in [1.82, 2.24) is 4.90 Å². The molecule has 28 heavy (non-hydrogen) atoms. The fourth-order valence-corrected chi connectivity index (χ4v) is 4.64. The summed E-state index contributed by atoms with van der Waals surface area (Å²) in [6.07, 6.45) is 0.470. The van der Waals surface area contributed by atoms with Gasteiger partial charge in [-0.3, -0.25) is 19.2 Å². The summed E-state index contributed by atoms with van der Waals surface area (Å²) in [5.74, 6) is 4.62. The molecule has 5 nitrogen and oxygen atoms in total. The molecule has 1 aliphatic heterocycles. The predicted octanol–water partition coefficient (Wildman–Crippen LogP) is 2.50. The molecule has 2 fully saturated rings. The van der Waals surface area contributed by atoms with Crippen LogP contribution < -0.4 is 0 Å². The smallest absolute Gasteiger partial charge is 0.230 e. The van der Waals surface area contributed by atoms with Crippen molar-refractivity contribution >= 4 is 23.3 Å². The van der Waals surface area contributed by atoms with Crippen molar-refractivity contribution in [2.45, 2.75) is 52.9 Å². The number of benzene rings is 1. The molecule has 1 saturated heterocycles. The summed E-state index contributed by atoms with van der Waals surface area (Å²) in [5.41, 5.74) is 3.05. The topological polar surface area (TPSA) is 71.5 Å². The number of nitrogens with zero attached hydrogens (tertiary/aromatic N) is 1. The van der Waals surface area contributed by atoms with Crippen molar-refractivity contribution in [2.75, 3.05) is 13.1 Å². The normalized spacial score (nSPS) is 18.5. The molecule has 0 atom stereocenters. The zero-order valence-electron chi connectivity index (χ0n) is 16.8. The number of likely N-dealkylation sites (tertiary alicyclic amines) is 1. The molecular formula is C23H25NO4. The quantitative estimate of drug-likeness (QED) is 0.598. The van der Waals surface area contributed by atoms with Gasteiger partial charge in [0.05, 0.1) is 6.42 Å². The van der Waals surface area contributed by atoms with Crippen molar-refractivity contribution in [3.05, 3.63) is 34.4 Å². The maximum atomic E-state index is 13.0. The van der Waals surface area contributed by atoms with Gasteiger partial charge in [0.2, 0.25) is 5.91 Å². The zero-order chi connectivity index (χ0) is 20.6. The molecule has 3 rings (SSSR count). The first-order chi connectivity index (χ1) is 13.2. The maximum absolute atomic E-state index is 13.0. The van der Waals surface area contributed by atoms with Crippen LogP contribution in [0, 0.1) is 31.1 Å². The van der Waals surface area contributed by atoms with E-state index in [0.717, 1.165) is 22.3 Å². The Morgan fingerprint density at radius 3 is 2.11 bits per heavy atom. The van der Waals surface area contributed by atoms with E-state index in [9.17, 15) is 19.2 Å². The lowest BCUT2D eigenvalue weighted by atomic mass is 9.63. The first kappa shape index (κ1) is 20.0. The van der Waals surface area contributed by atoms with E-state index in [1.807, 2.05) is 26.0 Å². The van der Waals surface area contributed by atoms with Crippen molar-refractivity contribution in [3.63, 3.8) is 0 Å². The molecule has 1 heterocycles. The molecule has 0 aromatic heterocycles. The minimum Gasteiger partial charge on any atom is -0.341 e. The van der Waals surface area contributed by atoms with E-state index >= 15 is 0 Å². The molecule has 2 aliphatic rings. The second kappa shape index (κ2) is 7.35. The molecule has 0 radical (unpaired) electrons. The van der Waals surface area contributed by atoms with Gasteiger partial charge in [-0.25, -0.2) is 0 Å². The van der Waals surface area contributed by atoms with Crippen LogP contribution in [-0.4, -0.2) is 41.2 Å². The summed E-state index contributed by atoms with van der Waals surface area (Å²) in [6.45, 7) is 7.75. The van der Waals surface area contributed by atoms with Crippen molar-refractivity contribution in [1.29, 1.82) is 0 Å². The fourth-order valence-electron chi connectivity index (χ4n) is 4.64. The third-order valence-corrected chi connectivity index (χ3v) is 5.70. The summed E-state index contributed by atoms with van der Waals surface area (Å²) in [5, 5.41) is 0. The summed E-state index contributed by atoms with van der Waals surface area (Å²) < 4.78 is 0. The Morgan fingerprint density at radius 2 is 1.64 bits per heavy atom. The summed E-state index contributed by atoms with van der Waals surface area (Å²) in [4.78, 5) is 50.7. The van der Waals surface area contributed by atoms with E-state index in [1.165, 1.54) is 6.92 Å². The Labute approximate surface area is 165 Å². The highest BCUT2D eigenvalue weighted by Gasteiger charge is 2.53. The van der Waals surface area contributed by atoms with Gasteiger partial charge in [0, 0.05) is 36.9 Å². The Kier molecular flexibility index (Phi) is 5.25. The number of ketones is 3. The fraction of sp³-hybridized carbons (Fsp3) is 0.478. The Balaban J connectivity index is 1.78. The number of aryl methyl sites for hydroxylation is 2. The molecule has 1 aromatic rings. The van der Waals surface area contributed by atoms with Gasteiger partial charge in [0.1, 0.15) is 23.3 Å². The maximum Gasteiger partial charge on any atom is 0.230 e. The zero-order valence-corrected chi connectivity index (χ0v) is 16.8. The van der Waals surface area contributed by atoms with Crippen LogP contribution >= 0.6 is 0 Å². The van der Waals surface area contributed by atoms with Crippen LogP contribution in [0.15, 0.2) is 12.1 Å². The van der Waals surface area contributed by atoms with E-state index in [4.69, 9.17) is 0 Å². The van der Waals surface area contributed by atoms with Crippen LogP contribution in [0.3, 0.4) is 0 Å². The first-order valence-electron chi connectivity index (χ1n) is 9.52. The third-order valence-electron chi connectivity index (χ3n) is 5.70. The molecule has 0 unspecified atom stereocenters. The van der Waals surface area contributed by atoms with Crippen LogP contribution in [0.1, 0.15) is 61.3 Å². The molecular weight excluding hydrogens is 354 g/mol. The second-order valence-corrected chi connectivity index (χ2v) is 8.25. The second-order valence-electron chi connectivity index (χ2n) is 8.25. The van der Waals surface area contributed by atoms with Crippen LogP contribution in [-0.2, 0) is 19.2 Å². The Bertz CT molecular complexity index is 898. The standard InChI is InChI=1S/C23H25NO4/c1-5-6-17-7-14(2)21(15(3)8-17)22-18(26)10-23(11-19(22)27)12-24(13-23)20(28)9-16(4)25/h7-8,22H,9-13H2,1-4H3. The number of amides is 1. The number of Topliss-reactive ketones (excluding diaryl/α,β-unsaturated/α-hetero) is 3. The van der Waals surface area contributed by atoms with Gasteiger partial charge in [0.15, 0.2) is 0 Å². The number of carbonyl (C=O) groups excluding carboxylic acids is 4. The van der Waals surface area contributed by atoms with E-state index < -0.39 is 11.3 Å². The number of hydrogen-bond donors (Lipinski definition) is 0. The lowest BCUT2D eigenvalue weighted by Gasteiger charge is -2.52. The molecule has 5 heteroatoms. The lowest BCUT2D eigenvalue weighted by molar-refractivity contribution is -0.156. The van der Waals surface area contributed by atoms with E-state index in [-0.39, 0.29) is 29.7 Å². The molecule has 146 valence electrons. The first-order valence-corrected chi connectivity index (χ1v) is 9.52. The molecule has 1 amide bonds. The minimum atomic E-state index is -0.726. The lowest BCUT2D eigenvalue weighted by Crippen LogP contribution is -2.62. The van der Waals surface area contributed by atoms with Crippen LogP contribution in [0.25, 0.3) is 0 Å². The summed E-state index contributed by atoms with van der Waals surface area (Å²) >= 11 is 0. The van der Waals surface area contributed by atoms with Crippen LogP contribution in [0.5, 0.6) is 0 Å². The summed E-state index contributed by atoms with van der Waals surface area (Å²) in [7, 11) is 0. The van der Waals surface area contributed by atoms with Gasteiger partial charge in [-0.05, 0) is 56.5 Å². The molecule has 0 bridgehead atoms. The average molecular weight is 379 g/mol. The molecule has 0 N–H and O–H groups in total. The van der Waals surface area contributed by atoms with Gasteiger partial charge in [0.25, 0.3) is 0 Å². The largest absolute Gasteiger partial charge is 0.341 e. The van der Waals surface area contributed by atoms with Crippen molar-refractivity contribution in [3.8, 4) is 11.8 Å². The van der Waals surface area contributed by atoms with Gasteiger partial charge in [-0.2, -0.15) is 0 Å². The average Bonchev–Trinajstić information content (AvgIpc) is 2.53.